The molecule has 2 aromatic carbocycles. The van der Waals surface area contributed by atoms with E-state index in [9.17, 15) is 30.2 Å². The fraction of sp³-hybridized carbons (Fsp3) is 0.515. The van der Waals surface area contributed by atoms with Crippen molar-refractivity contribution in [2.75, 3.05) is 68.8 Å². The van der Waals surface area contributed by atoms with Gasteiger partial charge in [-0.3, -0.25) is 28.9 Å². The number of azide groups is 2. The zero-order valence-corrected chi connectivity index (χ0v) is 30.4. The maximum absolute atomic E-state index is 13.6. The minimum atomic E-state index is -0.747. The molecule has 0 bridgehead atoms. The molecule has 20 nitrogen and oxygen atoms in total. The highest BCUT2D eigenvalue weighted by Crippen LogP contribution is 2.39. The lowest BCUT2D eigenvalue weighted by molar-refractivity contribution is -0.173. The second kappa shape index (κ2) is 18.5. The number of benzene rings is 2. The topological polar surface area (TPSA) is 234 Å². The summed E-state index contributed by atoms with van der Waals surface area (Å²) >= 11 is 0. The number of carbonyl (C=O) groups is 4. The van der Waals surface area contributed by atoms with Crippen LogP contribution in [0.25, 0.3) is 20.9 Å². The Balaban J connectivity index is 1.46. The molecule has 2 aliphatic rings. The first-order valence-electron chi connectivity index (χ1n) is 16.6. The van der Waals surface area contributed by atoms with Gasteiger partial charge in [-0.2, -0.15) is 0 Å². The Morgan fingerprint density at radius 1 is 0.698 bits per heavy atom. The Kier molecular flexibility index (Phi) is 13.9. The molecular weight excluding hydrogens is 696 g/mol. The summed E-state index contributed by atoms with van der Waals surface area (Å²) in [5.74, 6) is -1.01. The Hall–Kier alpha value is -5.94. The maximum atomic E-state index is 13.6. The van der Waals surface area contributed by atoms with Crippen LogP contribution >= 0.6 is 0 Å². The van der Waals surface area contributed by atoms with Crippen LogP contribution in [-0.4, -0.2) is 124 Å². The third-order valence-corrected chi connectivity index (χ3v) is 8.90. The summed E-state index contributed by atoms with van der Waals surface area (Å²) in [4.78, 5) is 71.5. The van der Waals surface area contributed by atoms with E-state index < -0.39 is 23.9 Å². The zero-order chi connectivity index (χ0) is 38.7. The van der Waals surface area contributed by atoms with Gasteiger partial charge in [0.2, 0.25) is 0 Å². The van der Waals surface area contributed by atoms with Crippen LogP contribution < -0.4 is 18.9 Å². The Bertz CT molecular complexity index is 1670. The van der Waals surface area contributed by atoms with Crippen molar-refractivity contribution in [3.8, 4) is 23.0 Å². The van der Waals surface area contributed by atoms with Gasteiger partial charge in [-0.05, 0) is 61.0 Å². The second-order valence-electron chi connectivity index (χ2n) is 11.8. The number of rotatable bonds is 16. The summed E-state index contributed by atoms with van der Waals surface area (Å²) in [5.41, 5.74) is 18.6. The number of nitrogens with zero attached hydrogens (tertiary/aromatic N) is 10. The minimum Gasteiger partial charge on any atom is -0.493 e. The number of carbonyl (C=O) groups excluding carboxylic acids is 4. The summed E-state index contributed by atoms with van der Waals surface area (Å²) in [5, 5.41) is 9.54. The lowest BCUT2D eigenvalue weighted by Crippen LogP contribution is -2.46. The van der Waals surface area contributed by atoms with Crippen LogP contribution in [0.3, 0.4) is 0 Å². The van der Waals surface area contributed by atoms with Gasteiger partial charge >= 0.3 is 0 Å². The molecule has 0 saturated carbocycles. The molecule has 2 aromatic rings. The quantitative estimate of drug-likeness (QED) is 0.0758. The number of methoxy groups -OCH3 is 2. The van der Waals surface area contributed by atoms with Crippen molar-refractivity contribution in [3.63, 3.8) is 0 Å². The smallest absolute Gasteiger partial charge is 0.268 e. The SMILES string of the molecule is COc1cc(C(=O)N2CCC[C@H]2C(=O)N(C)OC)c(N=[N+]=[N-])cc1OCCCOc1cc(N=[N+]=[N-])c(C(=O)N2CCC[C@H]2C(=O)N(C)OC)cc1OC. The molecule has 53 heavy (non-hydrogen) atoms. The van der Waals surface area contributed by atoms with E-state index in [1.807, 2.05) is 0 Å². The lowest BCUT2D eigenvalue weighted by atomic mass is 10.1. The van der Waals surface area contributed by atoms with Crippen molar-refractivity contribution in [3.05, 3.63) is 56.3 Å². The average Bonchev–Trinajstić information content (AvgIpc) is 3.87. The average molecular weight is 739 g/mol. The fourth-order valence-corrected chi connectivity index (χ4v) is 6.11. The van der Waals surface area contributed by atoms with Crippen LogP contribution in [0, 0.1) is 0 Å². The zero-order valence-electron chi connectivity index (χ0n) is 30.4. The highest BCUT2D eigenvalue weighted by Gasteiger charge is 2.39. The molecule has 2 aliphatic heterocycles. The molecule has 284 valence electrons. The van der Waals surface area contributed by atoms with E-state index >= 15 is 0 Å². The number of hydrogen-bond acceptors (Lipinski definition) is 12. The van der Waals surface area contributed by atoms with Crippen molar-refractivity contribution in [2.24, 2.45) is 10.2 Å². The van der Waals surface area contributed by atoms with Crippen LogP contribution in [0.4, 0.5) is 11.4 Å². The number of ether oxygens (including phenoxy) is 4. The summed E-state index contributed by atoms with van der Waals surface area (Å²) in [6, 6.07) is 4.08. The van der Waals surface area contributed by atoms with E-state index in [0.29, 0.717) is 45.2 Å². The molecule has 4 amide bonds. The Morgan fingerprint density at radius 2 is 1.09 bits per heavy atom. The third-order valence-electron chi connectivity index (χ3n) is 8.90. The van der Waals surface area contributed by atoms with Crippen LogP contribution in [-0.2, 0) is 19.3 Å². The van der Waals surface area contributed by atoms with Gasteiger partial charge in [0, 0.05) is 43.4 Å². The Labute approximate surface area is 305 Å². The van der Waals surface area contributed by atoms with Crippen molar-refractivity contribution in [1.82, 2.24) is 19.9 Å². The third kappa shape index (κ3) is 8.93. The highest BCUT2D eigenvalue weighted by atomic mass is 16.7. The van der Waals surface area contributed by atoms with E-state index in [2.05, 4.69) is 20.1 Å². The van der Waals surface area contributed by atoms with Crippen LogP contribution in [0.5, 0.6) is 23.0 Å². The van der Waals surface area contributed by atoms with Crippen molar-refractivity contribution >= 4 is 35.0 Å². The lowest BCUT2D eigenvalue weighted by Gasteiger charge is -2.27. The molecule has 20 heteroatoms. The van der Waals surface area contributed by atoms with Gasteiger partial charge in [-0.1, -0.05) is 10.2 Å². The number of hydroxylamine groups is 4. The van der Waals surface area contributed by atoms with E-state index in [-0.39, 0.29) is 70.5 Å². The first-order chi connectivity index (χ1) is 25.5. The predicted molar refractivity (Wildman–Crippen MR) is 187 cm³/mol. The minimum absolute atomic E-state index is 0.0111. The summed E-state index contributed by atoms with van der Waals surface area (Å²) in [7, 11) is 8.42. The summed E-state index contributed by atoms with van der Waals surface area (Å²) in [6.07, 6.45) is 2.42. The van der Waals surface area contributed by atoms with Gasteiger partial charge in [0.15, 0.2) is 23.0 Å². The normalized spacial score (nSPS) is 16.3. The molecule has 0 aliphatic carbocycles. The van der Waals surface area contributed by atoms with Gasteiger partial charge in [-0.25, -0.2) is 10.1 Å². The molecule has 0 unspecified atom stereocenters. The maximum Gasteiger partial charge on any atom is 0.268 e. The number of likely N-dealkylation sites (tertiary alicyclic amines) is 2. The van der Waals surface area contributed by atoms with Crippen LogP contribution in [0.15, 0.2) is 34.5 Å². The molecule has 2 atom stereocenters. The van der Waals surface area contributed by atoms with Crippen molar-refractivity contribution < 1.29 is 47.8 Å². The number of hydrogen-bond donors (Lipinski definition) is 0. The van der Waals surface area contributed by atoms with Gasteiger partial charge in [-0.15, -0.1) is 0 Å². The highest BCUT2D eigenvalue weighted by molar-refractivity contribution is 6.03. The first kappa shape index (κ1) is 39.8. The van der Waals surface area contributed by atoms with Crippen LogP contribution in [0.1, 0.15) is 52.8 Å². The summed E-state index contributed by atoms with van der Waals surface area (Å²) in [6.45, 7) is 0.829. The first-order valence-corrected chi connectivity index (χ1v) is 16.6. The molecule has 2 fully saturated rings. The molecule has 2 saturated heterocycles. The van der Waals surface area contributed by atoms with Gasteiger partial charge < -0.3 is 28.7 Å². The molecular formula is C33H42N10O10. The molecule has 0 aromatic heterocycles. The standard InChI is InChI=1S/C33H42N10O10/c1-40(50-5)32(46)24-10-7-12-42(24)30(44)20-16-26(48-3)28(18-22(20)36-38-34)52-14-9-15-53-29-19-23(37-39-35)21(17-27(29)49-4)31(45)43-13-8-11-25(43)33(47)41(2)51-6/h16-19,24-25H,7-15H2,1-6H3/t24-,25-/m0/s1. The van der Waals surface area contributed by atoms with E-state index in [1.165, 1.54) is 76.6 Å². The molecule has 0 radical (unpaired) electrons. The largest absolute Gasteiger partial charge is 0.493 e. The number of amides is 4. The van der Waals surface area contributed by atoms with Crippen LogP contribution in [0.2, 0.25) is 0 Å². The second-order valence-corrected chi connectivity index (χ2v) is 11.8. The molecule has 0 spiro atoms. The van der Waals surface area contributed by atoms with E-state index in [1.54, 1.807) is 0 Å². The summed E-state index contributed by atoms with van der Waals surface area (Å²) < 4.78 is 22.8. The Morgan fingerprint density at radius 3 is 1.43 bits per heavy atom. The van der Waals surface area contributed by atoms with Gasteiger partial charge in [0.25, 0.3) is 23.6 Å². The number of likely N-dealkylation sites (N-methyl/N-ethyl adjacent to an activating group) is 2. The molecule has 4 rings (SSSR count). The van der Waals surface area contributed by atoms with Gasteiger partial charge in [0.05, 0.1) is 64.2 Å². The van der Waals surface area contributed by atoms with E-state index in [4.69, 9.17) is 28.6 Å². The predicted octanol–water partition coefficient (Wildman–Crippen LogP) is 4.68. The monoisotopic (exact) mass is 738 g/mol. The van der Waals surface area contributed by atoms with Crippen molar-refractivity contribution in [2.45, 2.75) is 44.2 Å². The van der Waals surface area contributed by atoms with E-state index in [0.717, 1.165) is 10.1 Å². The van der Waals surface area contributed by atoms with Crippen molar-refractivity contribution in [1.29, 1.82) is 0 Å². The molecule has 0 N–H and O–H groups in total. The van der Waals surface area contributed by atoms with Gasteiger partial charge in [0.1, 0.15) is 12.1 Å². The fourth-order valence-electron chi connectivity index (χ4n) is 6.11. The molecule has 2 heterocycles.